The number of hydrogen-bond acceptors (Lipinski definition) is 8. The zero-order chi connectivity index (χ0) is 17.1. The summed E-state index contributed by atoms with van der Waals surface area (Å²) in [5, 5.41) is 28.9. The lowest BCUT2D eigenvalue weighted by molar-refractivity contribution is -0.293. The van der Waals surface area contributed by atoms with Crippen LogP contribution in [0.2, 0.25) is 0 Å². The van der Waals surface area contributed by atoms with E-state index in [0.29, 0.717) is 15.4 Å². The molecule has 3 N–H and O–H groups in total. The topological polar surface area (TPSA) is 97.6 Å². The maximum Gasteiger partial charge on any atom is 0.186 e. The molecular weight excluding hydrogens is 331 g/mol. The molecule has 6 atom stereocenters. The number of aliphatic hydroxyl groups excluding tert-OH is 3. The molecule has 1 heterocycles. The van der Waals surface area contributed by atoms with Crippen LogP contribution in [0, 0.1) is 0 Å². The van der Waals surface area contributed by atoms with Gasteiger partial charge in [0, 0.05) is 21.7 Å². The van der Waals surface area contributed by atoms with Crippen molar-refractivity contribution in [1.82, 2.24) is 0 Å². The Hall–Kier alpha value is 0.500. The van der Waals surface area contributed by atoms with Crippen molar-refractivity contribution in [3.05, 3.63) is 0 Å². The minimum absolute atomic E-state index is 0.100. The summed E-state index contributed by atoms with van der Waals surface area (Å²) in [5.41, 5.74) is 0. The van der Waals surface area contributed by atoms with Crippen molar-refractivity contribution in [1.29, 1.82) is 0 Å². The van der Waals surface area contributed by atoms with E-state index in [4.69, 9.17) is 14.2 Å². The molecule has 0 aromatic rings. The van der Waals surface area contributed by atoms with Gasteiger partial charge in [-0.25, -0.2) is 0 Å². The summed E-state index contributed by atoms with van der Waals surface area (Å²) in [6.07, 6.45) is -5.28. The van der Waals surface area contributed by atoms with Gasteiger partial charge in [0.1, 0.15) is 18.3 Å². The van der Waals surface area contributed by atoms with Crippen LogP contribution in [0.1, 0.15) is 13.8 Å². The summed E-state index contributed by atoms with van der Waals surface area (Å²) in [4.78, 5) is 0. The third-order valence-corrected chi connectivity index (χ3v) is 3.64. The van der Waals surface area contributed by atoms with E-state index in [9.17, 15) is 15.3 Å². The fourth-order valence-corrected chi connectivity index (χ4v) is 1.96. The van der Waals surface area contributed by atoms with Crippen LogP contribution in [0.4, 0.5) is 0 Å². The maximum atomic E-state index is 9.70. The molecule has 1 fully saturated rings. The molecule has 7 nitrogen and oxygen atoms in total. The van der Waals surface area contributed by atoms with Gasteiger partial charge in [0.25, 0.3) is 0 Å². The van der Waals surface area contributed by atoms with Crippen molar-refractivity contribution in [3.8, 4) is 0 Å². The molecule has 0 aliphatic carbocycles. The smallest absolute Gasteiger partial charge is 0.186 e. The van der Waals surface area contributed by atoms with Crippen molar-refractivity contribution in [2.75, 3.05) is 32.7 Å². The van der Waals surface area contributed by atoms with E-state index in [-0.39, 0.29) is 18.5 Å². The summed E-state index contributed by atoms with van der Waals surface area (Å²) >= 11 is 4.01. The molecule has 134 valence electrons. The molecule has 22 heavy (non-hydrogen) atoms. The molecule has 0 amide bonds. The summed E-state index contributed by atoms with van der Waals surface area (Å²) in [6, 6.07) is 0. The van der Waals surface area contributed by atoms with Gasteiger partial charge in [-0.1, -0.05) is 0 Å². The monoisotopic (exact) mass is 360 g/mol. The molecule has 0 radical (unpaired) electrons. The van der Waals surface area contributed by atoms with E-state index in [1.807, 2.05) is 20.5 Å². The van der Waals surface area contributed by atoms with E-state index in [2.05, 4.69) is 17.2 Å². The van der Waals surface area contributed by atoms with Crippen molar-refractivity contribution >= 4 is 21.4 Å². The molecular formula is C13H29O7PS. The first kappa shape index (κ1) is 22.5. The Morgan fingerprint density at radius 1 is 1.14 bits per heavy atom. The molecule has 1 aliphatic heterocycles. The van der Waals surface area contributed by atoms with Crippen LogP contribution in [0.15, 0.2) is 0 Å². The van der Waals surface area contributed by atoms with Gasteiger partial charge >= 0.3 is 0 Å². The lowest BCUT2D eigenvalue weighted by Gasteiger charge is -2.39. The lowest BCUT2D eigenvalue weighted by atomic mass is 10.00. The molecule has 0 bridgehead atoms. The van der Waals surface area contributed by atoms with Gasteiger partial charge in [-0.2, -0.15) is 12.6 Å². The van der Waals surface area contributed by atoms with Crippen LogP contribution in [0.5, 0.6) is 0 Å². The fraction of sp³-hybridized carbons (Fsp3) is 1.00. The predicted molar refractivity (Wildman–Crippen MR) is 88.8 cm³/mol. The van der Waals surface area contributed by atoms with Crippen LogP contribution < -0.4 is 0 Å². The molecule has 1 rings (SSSR count). The normalized spacial score (nSPS) is 32.3. The van der Waals surface area contributed by atoms with Gasteiger partial charge < -0.3 is 34.1 Å². The van der Waals surface area contributed by atoms with Crippen LogP contribution >= 0.6 is 21.4 Å². The predicted octanol–water partition coefficient (Wildman–Crippen LogP) is 0.0215. The van der Waals surface area contributed by atoms with Gasteiger partial charge in [0.2, 0.25) is 0 Å². The van der Waals surface area contributed by atoms with Crippen LogP contribution in [0.25, 0.3) is 0 Å². The summed E-state index contributed by atoms with van der Waals surface area (Å²) in [6.45, 7) is 6.41. The number of rotatable bonds is 7. The fourth-order valence-electron chi connectivity index (χ4n) is 1.65. The quantitative estimate of drug-likeness (QED) is 0.289. The Morgan fingerprint density at radius 2 is 1.73 bits per heavy atom. The van der Waals surface area contributed by atoms with Crippen molar-refractivity contribution < 1.29 is 34.1 Å². The SMILES string of the molecule is CC(C)OCCOC1OC(CS)C(O)C(O)C1O.COPC. The number of ether oxygens (including phenoxy) is 3. The summed E-state index contributed by atoms with van der Waals surface area (Å²) in [7, 11) is 2.33. The minimum atomic E-state index is -1.30. The van der Waals surface area contributed by atoms with Gasteiger partial charge in [-0.3, -0.25) is 0 Å². The molecule has 9 heteroatoms. The molecule has 0 spiro atoms. The van der Waals surface area contributed by atoms with Gasteiger partial charge in [-0.15, -0.1) is 0 Å². The molecule has 1 saturated heterocycles. The van der Waals surface area contributed by atoms with E-state index in [0.717, 1.165) is 0 Å². The zero-order valence-corrected chi connectivity index (χ0v) is 15.4. The summed E-state index contributed by atoms with van der Waals surface area (Å²) in [5.74, 6) is 0.229. The Kier molecular flexibility index (Phi) is 13.2. The average molecular weight is 360 g/mol. The first-order valence-corrected chi connectivity index (χ1v) is 9.16. The second-order valence-corrected chi connectivity index (χ2v) is 6.08. The highest BCUT2D eigenvalue weighted by Crippen LogP contribution is 2.22. The maximum absolute atomic E-state index is 9.70. The largest absolute Gasteiger partial charge is 0.388 e. The van der Waals surface area contributed by atoms with Crippen LogP contribution in [-0.2, 0) is 18.7 Å². The Morgan fingerprint density at radius 3 is 2.18 bits per heavy atom. The third-order valence-electron chi connectivity index (χ3n) is 2.87. The van der Waals surface area contributed by atoms with E-state index in [1.54, 1.807) is 7.11 Å². The highest BCUT2D eigenvalue weighted by atomic mass is 32.1. The average Bonchev–Trinajstić information content (AvgIpc) is 2.51. The highest BCUT2D eigenvalue weighted by Gasteiger charge is 2.43. The zero-order valence-electron chi connectivity index (χ0n) is 13.5. The van der Waals surface area contributed by atoms with E-state index < -0.39 is 30.7 Å². The number of hydrogen-bond donors (Lipinski definition) is 4. The second kappa shape index (κ2) is 12.9. The van der Waals surface area contributed by atoms with E-state index in [1.165, 1.54) is 0 Å². The van der Waals surface area contributed by atoms with E-state index >= 15 is 0 Å². The Labute approximate surface area is 139 Å². The Balaban J connectivity index is 0.000000980. The third kappa shape index (κ3) is 8.38. The standard InChI is InChI=1S/C11H22O6S.C2H7OP/c1-6(2)15-3-4-16-11-10(14)9(13)8(12)7(5-18)17-11;1-3-4-2/h6-14,18H,3-5H2,1-2H3;4H,1-2H3. The molecule has 0 saturated carbocycles. The van der Waals surface area contributed by atoms with Crippen LogP contribution in [0.3, 0.4) is 0 Å². The highest BCUT2D eigenvalue weighted by molar-refractivity contribution is 7.80. The molecule has 0 aromatic heterocycles. The van der Waals surface area contributed by atoms with Gasteiger partial charge in [0.15, 0.2) is 6.29 Å². The lowest BCUT2D eigenvalue weighted by Crippen LogP contribution is -2.58. The van der Waals surface area contributed by atoms with Crippen molar-refractivity contribution in [2.45, 2.75) is 50.7 Å². The summed E-state index contributed by atoms with van der Waals surface area (Å²) < 4.78 is 20.5. The number of thiol groups is 1. The van der Waals surface area contributed by atoms with Gasteiger partial charge in [0.05, 0.1) is 25.4 Å². The van der Waals surface area contributed by atoms with Gasteiger partial charge in [-0.05, 0) is 20.5 Å². The first-order valence-electron chi connectivity index (χ1n) is 7.12. The molecule has 0 aromatic carbocycles. The minimum Gasteiger partial charge on any atom is -0.388 e. The van der Waals surface area contributed by atoms with Crippen molar-refractivity contribution in [2.24, 2.45) is 0 Å². The van der Waals surface area contributed by atoms with Crippen LogP contribution in [-0.4, -0.2) is 84.9 Å². The molecule has 1 aliphatic rings. The Bertz CT molecular complexity index is 269. The number of aliphatic hydroxyl groups is 3. The van der Waals surface area contributed by atoms with Crippen molar-refractivity contribution in [3.63, 3.8) is 0 Å². The second-order valence-electron chi connectivity index (χ2n) is 4.90. The first-order chi connectivity index (χ1) is 10.4. The molecule has 6 unspecified atom stereocenters.